The largest absolute Gasteiger partial charge is 0.389 e. The van der Waals surface area contributed by atoms with Crippen LogP contribution >= 0.6 is 0 Å². The van der Waals surface area contributed by atoms with Crippen LogP contribution in [0.4, 0.5) is 0 Å². The maximum absolute atomic E-state index is 12.5. The Labute approximate surface area is 141 Å². The van der Waals surface area contributed by atoms with Gasteiger partial charge < -0.3 is 14.8 Å². The molecule has 1 aliphatic heterocycles. The Kier molecular flexibility index (Phi) is 4.02. The summed E-state index contributed by atoms with van der Waals surface area (Å²) in [6, 6.07) is 5.80. The number of amides is 1. The SMILES string of the molecule is Cc1cccc2nc(C(=O)N[C@@H]3CC[C@@H](N4CCCC4)[C@@H]3O)cn12. The molecule has 3 atom stereocenters. The molecule has 2 fully saturated rings. The normalized spacial score (nSPS) is 27.8. The number of nitrogens with one attached hydrogen (secondary N) is 1. The Morgan fingerprint density at radius 3 is 2.83 bits per heavy atom. The quantitative estimate of drug-likeness (QED) is 0.893. The zero-order valence-electron chi connectivity index (χ0n) is 14.0. The molecule has 0 unspecified atom stereocenters. The van der Waals surface area contributed by atoms with Gasteiger partial charge in [0.25, 0.3) is 5.91 Å². The van der Waals surface area contributed by atoms with Gasteiger partial charge in [-0.25, -0.2) is 4.98 Å². The van der Waals surface area contributed by atoms with Crippen molar-refractivity contribution in [3.05, 3.63) is 35.8 Å². The highest BCUT2D eigenvalue weighted by atomic mass is 16.3. The van der Waals surface area contributed by atoms with Crippen molar-refractivity contribution in [3.63, 3.8) is 0 Å². The molecular weight excluding hydrogens is 304 g/mol. The highest BCUT2D eigenvalue weighted by molar-refractivity contribution is 5.93. The molecule has 0 radical (unpaired) electrons. The van der Waals surface area contributed by atoms with Crippen LogP contribution in [0.3, 0.4) is 0 Å². The van der Waals surface area contributed by atoms with Crippen LogP contribution in [-0.2, 0) is 0 Å². The Balaban J connectivity index is 1.46. The lowest BCUT2D eigenvalue weighted by molar-refractivity contribution is 0.0618. The predicted octanol–water partition coefficient (Wildman–Crippen LogP) is 1.36. The molecule has 0 spiro atoms. The van der Waals surface area contributed by atoms with Crippen molar-refractivity contribution in [1.29, 1.82) is 0 Å². The zero-order chi connectivity index (χ0) is 16.7. The van der Waals surface area contributed by atoms with E-state index in [0.717, 1.165) is 37.3 Å². The molecule has 6 heteroatoms. The molecule has 2 aliphatic rings. The van der Waals surface area contributed by atoms with Crippen LogP contribution in [0.5, 0.6) is 0 Å². The predicted molar refractivity (Wildman–Crippen MR) is 91.0 cm³/mol. The number of hydrogen-bond acceptors (Lipinski definition) is 4. The van der Waals surface area contributed by atoms with E-state index in [-0.39, 0.29) is 18.0 Å². The molecule has 0 bridgehead atoms. The third-order valence-corrected chi connectivity index (χ3v) is 5.43. The first-order valence-corrected chi connectivity index (χ1v) is 8.81. The van der Waals surface area contributed by atoms with Crippen LogP contribution < -0.4 is 5.32 Å². The average molecular weight is 328 g/mol. The van der Waals surface area contributed by atoms with E-state index >= 15 is 0 Å². The monoisotopic (exact) mass is 328 g/mol. The summed E-state index contributed by atoms with van der Waals surface area (Å²) in [7, 11) is 0. The van der Waals surface area contributed by atoms with Gasteiger partial charge >= 0.3 is 0 Å². The van der Waals surface area contributed by atoms with Gasteiger partial charge in [0.15, 0.2) is 0 Å². The molecule has 0 aromatic carbocycles. The fourth-order valence-electron chi connectivity index (χ4n) is 4.09. The Morgan fingerprint density at radius 2 is 2.08 bits per heavy atom. The molecule has 6 nitrogen and oxygen atoms in total. The summed E-state index contributed by atoms with van der Waals surface area (Å²) in [5.74, 6) is -0.204. The van der Waals surface area contributed by atoms with Gasteiger partial charge in [-0.1, -0.05) is 6.07 Å². The molecule has 1 amide bonds. The molecule has 1 saturated carbocycles. The lowest BCUT2D eigenvalue weighted by atomic mass is 10.1. The molecule has 2 aromatic heterocycles. The smallest absolute Gasteiger partial charge is 0.271 e. The van der Waals surface area contributed by atoms with Crippen molar-refractivity contribution < 1.29 is 9.90 Å². The number of fused-ring (bicyclic) bond motifs is 1. The number of rotatable bonds is 3. The average Bonchev–Trinajstić information content (AvgIpc) is 3.28. The fourth-order valence-corrected chi connectivity index (χ4v) is 4.09. The van der Waals surface area contributed by atoms with Crippen LogP contribution in [0.15, 0.2) is 24.4 Å². The lowest BCUT2D eigenvalue weighted by Gasteiger charge is -2.28. The first-order chi connectivity index (χ1) is 11.6. The molecule has 1 aliphatic carbocycles. The standard InChI is InChI=1S/C18H24N4O2/c1-12-5-4-6-16-19-14(11-22(12)16)18(24)20-13-7-8-15(17(13)23)21-9-2-3-10-21/h4-6,11,13,15,17,23H,2-3,7-10H2,1H3,(H,20,24)/t13-,15-,17-/m1/s1. The summed E-state index contributed by atoms with van der Waals surface area (Å²) in [5, 5.41) is 13.6. The number of imidazole rings is 1. The number of likely N-dealkylation sites (tertiary alicyclic amines) is 1. The van der Waals surface area contributed by atoms with Crippen LogP contribution in [0.1, 0.15) is 41.9 Å². The number of nitrogens with zero attached hydrogens (tertiary/aromatic N) is 3. The van der Waals surface area contributed by atoms with E-state index in [1.807, 2.05) is 29.5 Å². The van der Waals surface area contributed by atoms with Crippen molar-refractivity contribution in [2.75, 3.05) is 13.1 Å². The minimum absolute atomic E-state index is 0.182. The second kappa shape index (κ2) is 6.18. The van der Waals surface area contributed by atoms with Crippen molar-refractivity contribution in [2.45, 2.75) is 50.8 Å². The van der Waals surface area contributed by atoms with Gasteiger partial charge in [-0.15, -0.1) is 0 Å². The summed E-state index contributed by atoms with van der Waals surface area (Å²) in [4.78, 5) is 19.3. The third kappa shape index (κ3) is 2.70. The maximum Gasteiger partial charge on any atom is 0.271 e. The highest BCUT2D eigenvalue weighted by Gasteiger charge is 2.39. The minimum Gasteiger partial charge on any atom is -0.389 e. The molecular formula is C18H24N4O2. The molecule has 3 heterocycles. The summed E-state index contributed by atoms with van der Waals surface area (Å²) in [5.41, 5.74) is 2.21. The molecule has 24 heavy (non-hydrogen) atoms. The molecule has 1 saturated heterocycles. The van der Waals surface area contributed by atoms with Crippen LogP contribution in [0, 0.1) is 6.92 Å². The first kappa shape index (κ1) is 15.6. The molecule has 2 N–H and O–H groups in total. The van der Waals surface area contributed by atoms with E-state index in [9.17, 15) is 9.90 Å². The van der Waals surface area contributed by atoms with E-state index in [4.69, 9.17) is 0 Å². The van der Waals surface area contributed by atoms with E-state index in [2.05, 4.69) is 15.2 Å². The fraction of sp³-hybridized carbons (Fsp3) is 0.556. The number of carbonyl (C=O) groups excluding carboxylic acids is 1. The van der Waals surface area contributed by atoms with Gasteiger partial charge in [-0.2, -0.15) is 0 Å². The number of aryl methyl sites for hydroxylation is 1. The van der Waals surface area contributed by atoms with Gasteiger partial charge in [-0.3, -0.25) is 9.69 Å². The van der Waals surface area contributed by atoms with E-state index in [1.165, 1.54) is 12.8 Å². The Morgan fingerprint density at radius 1 is 1.29 bits per heavy atom. The number of carbonyl (C=O) groups is 1. The Hall–Kier alpha value is -1.92. The van der Waals surface area contributed by atoms with Gasteiger partial charge in [0.05, 0.1) is 12.1 Å². The van der Waals surface area contributed by atoms with E-state index in [0.29, 0.717) is 5.69 Å². The lowest BCUT2D eigenvalue weighted by Crippen LogP contribution is -2.47. The van der Waals surface area contributed by atoms with Crippen molar-refractivity contribution in [3.8, 4) is 0 Å². The van der Waals surface area contributed by atoms with Crippen LogP contribution in [-0.4, -0.2) is 56.6 Å². The number of aromatic nitrogens is 2. The molecule has 4 rings (SSSR count). The molecule has 2 aromatic rings. The summed E-state index contributed by atoms with van der Waals surface area (Å²) >= 11 is 0. The van der Waals surface area contributed by atoms with Gasteiger partial charge in [0.2, 0.25) is 0 Å². The Bertz CT molecular complexity index is 751. The third-order valence-electron chi connectivity index (χ3n) is 5.43. The van der Waals surface area contributed by atoms with Gasteiger partial charge in [-0.05, 0) is 57.8 Å². The van der Waals surface area contributed by atoms with Gasteiger partial charge in [0.1, 0.15) is 11.3 Å². The van der Waals surface area contributed by atoms with E-state index in [1.54, 1.807) is 6.20 Å². The minimum atomic E-state index is -0.495. The van der Waals surface area contributed by atoms with Crippen molar-refractivity contribution in [2.24, 2.45) is 0 Å². The molecule has 128 valence electrons. The number of aliphatic hydroxyl groups excluding tert-OH is 1. The summed E-state index contributed by atoms with van der Waals surface area (Å²) in [6.07, 6.45) is 5.45. The summed E-state index contributed by atoms with van der Waals surface area (Å²) in [6.45, 7) is 4.11. The van der Waals surface area contributed by atoms with Crippen LogP contribution in [0.2, 0.25) is 0 Å². The second-order valence-corrected chi connectivity index (χ2v) is 6.98. The second-order valence-electron chi connectivity index (χ2n) is 6.98. The van der Waals surface area contributed by atoms with Crippen LogP contribution in [0.25, 0.3) is 5.65 Å². The zero-order valence-corrected chi connectivity index (χ0v) is 14.0. The van der Waals surface area contributed by atoms with E-state index < -0.39 is 6.10 Å². The maximum atomic E-state index is 12.5. The number of hydrogen-bond donors (Lipinski definition) is 2. The number of pyridine rings is 1. The number of aliphatic hydroxyl groups is 1. The first-order valence-electron chi connectivity index (χ1n) is 8.81. The summed E-state index contributed by atoms with van der Waals surface area (Å²) < 4.78 is 1.91. The topological polar surface area (TPSA) is 69.9 Å². The van der Waals surface area contributed by atoms with Gasteiger partial charge in [0, 0.05) is 17.9 Å². The van der Waals surface area contributed by atoms with Crippen molar-refractivity contribution in [1.82, 2.24) is 19.6 Å². The van der Waals surface area contributed by atoms with Crippen molar-refractivity contribution >= 4 is 11.6 Å². The highest BCUT2D eigenvalue weighted by Crippen LogP contribution is 2.27.